The van der Waals surface area contributed by atoms with Gasteiger partial charge in [-0.3, -0.25) is 9.59 Å². The second-order valence-electron chi connectivity index (χ2n) is 3.73. The topological polar surface area (TPSA) is 54.4 Å². The maximum atomic E-state index is 11.9. The summed E-state index contributed by atoms with van der Waals surface area (Å²) in [5.41, 5.74) is -0.799. The van der Waals surface area contributed by atoms with E-state index in [-0.39, 0.29) is 5.78 Å². The predicted octanol–water partition coefficient (Wildman–Crippen LogP) is 2.39. The van der Waals surface area contributed by atoms with Crippen molar-refractivity contribution >= 4 is 23.4 Å². The Balaban J connectivity index is 2.33. The fourth-order valence-electron chi connectivity index (χ4n) is 1.57. The molecule has 0 bridgehead atoms. The first-order valence-electron chi connectivity index (χ1n) is 4.60. The molecule has 0 heterocycles. The number of rotatable bonds is 3. The van der Waals surface area contributed by atoms with Crippen molar-refractivity contribution in [3.63, 3.8) is 0 Å². The van der Waals surface area contributed by atoms with Gasteiger partial charge in [-0.2, -0.15) is 0 Å². The zero-order valence-electron chi connectivity index (χ0n) is 7.87. The zero-order chi connectivity index (χ0) is 11.1. The third-order valence-corrected chi connectivity index (χ3v) is 2.92. The van der Waals surface area contributed by atoms with E-state index < -0.39 is 11.4 Å². The molecule has 1 N–H and O–H groups in total. The van der Waals surface area contributed by atoms with E-state index in [1.54, 1.807) is 18.2 Å². The lowest BCUT2D eigenvalue weighted by Crippen LogP contribution is -2.25. The number of hydrogen-bond acceptors (Lipinski definition) is 2. The molecular formula is C11H9ClO3. The van der Waals surface area contributed by atoms with Crippen LogP contribution in [0.5, 0.6) is 0 Å². The van der Waals surface area contributed by atoms with E-state index in [1.165, 1.54) is 6.07 Å². The predicted molar refractivity (Wildman–Crippen MR) is 55.1 cm³/mol. The van der Waals surface area contributed by atoms with Crippen molar-refractivity contribution in [2.45, 2.75) is 12.8 Å². The van der Waals surface area contributed by atoms with Crippen molar-refractivity contribution in [2.24, 2.45) is 5.41 Å². The van der Waals surface area contributed by atoms with E-state index in [1.807, 2.05) is 0 Å². The Morgan fingerprint density at radius 3 is 2.47 bits per heavy atom. The number of carbonyl (C=O) groups excluding carboxylic acids is 1. The molecule has 1 aliphatic carbocycles. The molecule has 0 aromatic heterocycles. The van der Waals surface area contributed by atoms with Gasteiger partial charge in [0.05, 0.1) is 0 Å². The first-order chi connectivity index (χ1) is 7.06. The maximum absolute atomic E-state index is 11.9. The smallest absolute Gasteiger partial charge is 0.317 e. The molecule has 0 aliphatic heterocycles. The van der Waals surface area contributed by atoms with E-state index in [0.717, 1.165) is 0 Å². The number of carbonyl (C=O) groups is 2. The zero-order valence-corrected chi connectivity index (χ0v) is 8.62. The summed E-state index contributed by atoms with van der Waals surface area (Å²) < 4.78 is 0. The Morgan fingerprint density at radius 2 is 2.00 bits per heavy atom. The molecule has 78 valence electrons. The van der Waals surface area contributed by atoms with Crippen LogP contribution in [0, 0.1) is 5.41 Å². The number of halogens is 1. The number of aliphatic carboxylic acids is 1. The summed E-state index contributed by atoms with van der Waals surface area (Å²) in [5, 5.41) is 9.40. The highest BCUT2D eigenvalue weighted by Crippen LogP contribution is 2.48. The Hall–Kier alpha value is -1.35. The minimum Gasteiger partial charge on any atom is -0.480 e. The van der Waals surface area contributed by atoms with Gasteiger partial charge in [0.15, 0.2) is 5.78 Å². The van der Waals surface area contributed by atoms with Gasteiger partial charge in [0, 0.05) is 10.6 Å². The van der Waals surface area contributed by atoms with Crippen LogP contribution in [-0.4, -0.2) is 16.9 Å². The van der Waals surface area contributed by atoms with Gasteiger partial charge in [-0.15, -0.1) is 0 Å². The molecule has 4 heteroatoms. The summed E-state index contributed by atoms with van der Waals surface area (Å²) in [6, 6.07) is 6.40. The van der Waals surface area contributed by atoms with Gasteiger partial charge in [0.25, 0.3) is 0 Å². The Bertz CT molecular complexity index is 435. The van der Waals surface area contributed by atoms with Gasteiger partial charge in [0.2, 0.25) is 0 Å². The van der Waals surface area contributed by atoms with Crippen LogP contribution < -0.4 is 0 Å². The minimum absolute atomic E-state index is 0.336. The molecule has 1 saturated carbocycles. The van der Waals surface area contributed by atoms with Crippen LogP contribution in [0.3, 0.4) is 0 Å². The largest absolute Gasteiger partial charge is 0.480 e. The number of Topliss-reactive ketones (excluding diaryl/α,β-unsaturated/α-hetero) is 1. The SMILES string of the molecule is O=C(O)C1(C(=O)c2cccc(Cl)c2)CC1. The monoisotopic (exact) mass is 224 g/mol. The van der Waals surface area contributed by atoms with E-state index in [0.29, 0.717) is 23.4 Å². The second kappa shape index (κ2) is 3.35. The van der Waals surface area contributed by atoms with Crippen LogP contribution >= 0.6 is 11.6 Å². The van der Waals surface area contributed by atoms with Crippen LogP contribution in [-0.2, 0) is 4.79 Å². The first kappa shape index (κ1) is 10.2. The first-order valence-corrected chi connectivity index (χ1v) is 4.98. The number of ketones is 1. The van der Waals surface area contributed by atoms with E-state index in [4.69, 9.17) is 16.7 Å². The fourth-order valence-corrected chi connectivity index (χ4v) is 1.76. The molecule has 0 spiro atoms. The second-order valence-corrected chi connectivity index (χ2v) is 4.16. The van der Waals surface area contributed by atoms with Gasteiger partial charge < -0.3 is 5.11 Å². The summed E-state index contributed by atoms with van der Waals surface area (Å²) in [4.78, 5) is 22.8. The highest BCUT2D eigenvalue weighted by molar-refractivity contribution is 6.31. The van der Waals surface area contributed by atoms with E-state index in [2.05, 4.69) is 0 Å². The van der Waals surface area contributed by atoms with Crippen molar-refractivity contribution in [1.29, 1.82) is 0 Å². The Morgan fingerprint density at radius 1 is 1.33 bits per heavy atom. The average Bonchev–Trinajstić information content (AvgIpc) is 2.97. The number of carboxylic acids is 1. The maximum Gasteiger partial charge on any atom is 0.317 e. The third kappa shape index (κ3) is 1.63. The van der Waals surface area contributed by atoms with Crippen molar-refractivity contribution in [3.05, 3.63) is 34.9 Å². The molecule has 1 aromatic rings. The van der Waals surface area contributed by atoms with Gasteiger partial charge in [-0.25, -0.2) is 0 Å². The molecule has 0 amide bonds. The van der Waals surface area contributed by atoms with E-state index >= 15 is 0 Å². The lowest BCUT2D eigenvalue weighted by Gasteiger charge is -2.08. The fraction of sp³-hybridized carbons (Fsp3) is 0.273. The molecule has 0 unspecified atom stereocenters. The molecule has 0 saturated heterocycles. The molecule has 0 radical (unpaired) electrons. The molecular weight excluding hydrogens is 216 g/mol. The normalized spacial score (nSPS) is 17.1. The summed E-state index contributed by atoms with van der Waals surface area (Å²) in [6.45, 7) is 0. The number of hydrogen-bond donors (Lipinski definition) is 1. The van der Waals surface area contributed by atoms with E-state index in [9.17, 15) is 9.59 Å². The van der Waals surface area contributed by atoms with Crippen LogP contribution in [0.2, 0.25) is 5.02 Å². The van der Waals surface area contributed by atoms with Gasteiger partial charge in [0.1, 0.15) is 5.41 Å². The molecule has 15 heavy (non-hydrogen) atoms. The summed E-state index contributed by atoms with van der Waals surface area (Å²) in [7, 11) is 0. The van der Waals surface area contributed by atoms with Crippen LogP contribution in [0.25, 0.3) is 0 Å². The number of benzene rings is 1. The number of carboxylic acid groups (broad SMARTS) is 1. The molecule has 0 atom stereocenters. The van der Waals surface area contributed by atoms with Crippen molar-refractivity contribution in [3.8, 4) is 0 Å². The van der Waals surface area contributed by atoms with Crippen LogP contribution in [0.15, 0.2) is 24.3 Å². The highest BCUT2D eigenvalue weighted by Gasteiger charge is 2.56. The Kier molecular flexibility index (Phi) is 2.27. The summed E-state index contributed by atoms with van der Waals surface area (Å²) in [6.07, 6.45) is 0.849. The van der Waals surface area contributed by atoms with Gasteiger partial charge in [-0.05, 0) is 25.0 Å². The molecule has 1 aliphatic rings. The molecule has 2 rings (SSSR count). The standard InChI is InChI=1S/C11H9ClO3/c12-8-3-1-2-7(6-8)9(13)11(4-5-11)10(14)15/h1-3,6H,4-5H2,(H,14,15). The Labute approximate surface area is 91.7 Å². The van der Waals surface area contributed by atoms with Crippen LogP contribution in [0.4, 0.5) is 0 Å². The lowest BCUT2D eigenvalue weighted by atomic mass is 9.95. The highest BCUT2D eigenvalue weighted by atomic mass is 35.5. The average molecular weight is 225 g/mol. The van der Waals surface area contributed by atoms with Gasteiger partial charge >= 0.3 is 5.97 Å². The summed E-state index contributed by atoms with van der Waals surface area (Å²) >= 11 is 5.74. The third-order valence-electron chi connectivity index (χ3n) is 2.68. The molecule has 1 fully saturated rings. The molecule has 1 aromatic carbocycles. The van der Waals surface area contributed by atoms with Crippen molar-refractivity contribution < 1.29 is 14.7 Å². The summed E-state index contributed by atoms with van der Waals surface area (Å²) in [5.74, 6) is -1.37. The molecule has 3 nitrogen and oxygen atoms in total. The van der Waals surface area contributed by atoms with Crippen LogP contribution in [0.1, 0.15) is 23.2 Å². The van der Waals surface area contributed by atoms with Crippen molar-refractivity contribution in [2.75, 3.05) is 0 Å². The quantitative estimate of drug-likeness (QED) is 0.634. The van der Waals surface area contributed by atoms with Gasteiger partial charge in [-0.1, -0.05) is 23.7 Å². The lowest BCUT2D eigenvalue weighted by molar-refractivity contribution is -0.141. The minimum atomic E-state index is -1.18. The van der Waals surface area contributed by atoms with Crippen molar-refractivity contribution in [1.82, 2.24) is 0 Å².